The molecule has 0 aliphatic carbocycles. The van der Waals surface area contributed by atoms with Crippen molar-refractivity contribution in [1.82, 2.24) is 15.1 Å². The van der Waals surface area contributed by atoms with E-state index in [0.29, 0.717) is 6.61 Å². The number of ether oxygens (including phenoxy) is 1. The van der Waals surface area contributed by atoms with Crippen molar-refractivity contribution >= 4 is 5.97 Å². The first-order valence-corrected chi connectivity index (χ1v) is 7.48. The number of nitrogens with zero attached hydrogens (tertiary/aromatic N) is 2. The molecule has 1 saturated heterocycles. The number of rotatable bonds is 7. The largest absolute Gasteiger partial charge is 0.465 e. The highest BCUT2D eigenvalue weighted by Gasteiger charge is 2.20. The number of nitrogens with one attached hydrogen (secondary N) is 1. The highest BCUT2D eigenvalue weighted by atomic mass is 16.5. The highest BCUT2D eigenvalue weighted by molar-refractivity contribution is 5.75. The first-order chi connectivity index (χ1) is 9.17. The minimum atomic E-state index is -0.161. The molecule has 0 aromatic carbocycles. The average molecular weight is 271 g/mol. The number of hydrogen-bond acceptors (Lipinski definition) is 5. The molecule has 0 saturated carbocycles. The minimum absolute atomic E-state index is 0.115. The lowest BCUT2D eigenvalue weighted by atomic mass is 10.2. The van der Waals surface area contributed by atoms with E-state index in [9.17, 15) is 4.79 Å². The van der Waals surface area contributed by atoms with Crippen LogP contribution in [0.5, 0.6) is 0 Å². The maximum atomic E-state index is 11.8. The Hall–Kier alpha value is -0.650. The summed E-state index contributed by atoms with van der Waals surface area (Å²) in [4.78, 5) is 16.6. The van der Waals surface area contributed by atoms with Crippen molar-refractivity contribution in [3.05, 3.63) is 0 Å². The van der Waals surface area contributed by atoms with Gasteiger partial charge >= 0.3 is 5.97 Å². The third-order valence-corrected chi connectivity index (χ3v) is 3.57. The monoisotopic (exact) mass is 271 g/mol. The highest BCUT2D eigenvalue weighted by Crippen LogP contribution is 2.04. The van der Waals surface area contributed by atoms with Gasteiger partial charge in [-0.25, -0.2) is 0 Å². The first-order valence-electron chi connectivity index (χ1n) is 7.48. The van der Waals surface area contributed by atoms with E-state index in [-0.39, 0.29) is 12.0 Å². The van der Waals surface area contributed by atoms with Gasteiger partial charge in [0, 0.05) is 19.6 Å². The molecule has 1 rings (SSSR count). The van der Waals surface area contributed by atoms with Crippen LogP contribution in [0.25, 0.3) is 0 Å². The first kappa shape index (κ1) is 16.4. The number of likely N-dealkylation sites (N-methyl/N-ethyl adjacent to an activating group) is 2. The Morgan fingerprint density at radius 3 is 2.74 bits per heavy atom. The molecule has 5 heteroatoms. The molecule has 1 heterocycles. The van der Waals surface area contributed by atoms with E-state index in [1.165, 1.54) is 13.0 Å². The molecule has 1 atom stereocenters. The lowest BCUT2D eigenvalue weighted by Gasteiger charge is -2.23. The Morgan fingerprint density at radius 1 is 1.26 bits per heavy atom. The number of hydrogen-bond donors (Lipinski definition) is 1. The molecule has 112 valence electrons. The zero-order valence-corrected chi connectivity index (χ0v) is 12.7. The van der Waals surface area contributed by atoms with E-state index in [1.54, 1.807) is 0 Å². The van der Waals surface area contributed by atoms with Crippen molar-refractivity contribution in [1.29, 1.82) is 0 Å². The van der Waals surface area contributed by atoms with Gasteiger partial charge in [-0.1, -0.05) is 6.92 Å². The fraction of sp³-hybridized carbons (Fsp3) is 0.929. The Morgan fingerprint density at radius 2 is 2.05 bits per heavy atom. The molecular formula is C14H29N3O2. The van der Waals surface area contributed by atoms with Crippen LogP contribution in [0.15, 0.2) is 0 Å². The van der Waals surface area contributed by atoms with Crippen molar-refractivity contribution in [3.8, 4) is 0 Å². The van der Waals surface area contributed by atoms with E-state index in [2.05, 4.69) is 22.2 Å². The molecule has 1 fully saturated rings. The normalized spacial score (nSPS) is 19.9. The van der Waals surface area contributed by atoms with E-state index in [1.807, 2.05) is 13.8 Å². The molecule has 0 aromatic heterocycles. The van der Waals surface area contributed by atoms with Crippen LogP contribution in [0, 0.1) is 0 Å². The zero-order valence-electron chi connectivity index (χ0n) is 12.7. The van der Waals surface area contributed by atoms with Gasteiger partial charge in [0.05, 0.1) is 6.61 Å². The molecule has 19 heavy (non-hydrogen) atoms. The van der Waals surface area contributed by atoms with Crippen molar-refractivity contribution in [3.63, 3.8) is 0 Å². The van der Waals surface area contributed by atoms with E-state index >= 15 is 0 Å². The lowest BCUT2D eigenvalue weighted by Crippen LogP contribution is -2.41. The maximum absolute atomic E-state index is 11.8. The second-order valence-corrected chi connectivity index (χ2v) is 5.15. The second kappa shape index (κ2) is 9.28. The van der Waals surface area contributed by atoms with Gasteiger partial charge < -0.3 is 19.9 Å². The fourth-order valence-electron chi connectivity index (χ4n) is 2.43. The molecule has 0 radical (unpaired) electrons. The van der Waals surface area contributed by atoms with Crippen LogP contribution in [-0.4, -0.2) is 74.7 Å². The van der Waals surface area contributed by atoms with E-state index < -0.39 is 0 Å². The maximum Gasteiger partial charge on any atom is 0.323 e. The summed E-state index contributed by atoms with van der Waals surface area (Å²) in [5.74, 6) is -0.115. The average Bonchev–Trinajstić information content (AvgIpc) is 2.59. The van der Waals surface area contributed by atoms with Gasteiger partial charge in [-0.15, -0.1) is 0 Å². The van der Waals surface area contributed by atoms with Gasteiger partial charge in [0.15, 0.2) is 0 Å². The summed E-state index contributed by atoms with van der Waals surface area (Å²) in [6.45, 7) is 10.6. The molecule has 1 aliphatic rings. The lowest BCUT2D eigenvalue weighted by molar-refractivity contribution is -0.145. The van der Waals surface area contributed by atoms with Crippen molar-refractivity contribution in [2.24, 2.45) is 0 Å². The summed E-state index contributed by atoms with van der Waals surface area (Å²) >= 11 is 0. The minimum Gasteiger partial charge on any atom is -0.465 e. The molecular weight excluding hydrogens is 242 g/mol. The predicted octanol–water partition coefficient (Wildman–Crippen LogP) is 0.555. The van der Waals surface area contributed by atoms with Gasteiger partial charge in [0.1, 0.15) is 6.04 Å². The molecule has 1 unspecified atom stereocenters. The van der Waals surface area contributed by atoms with Crippen LogP contribution in [0.2, 0.25) is 0 Å². The summed E-state index contributed by atoms with van der Waals surface area (Å²) < 4.78 is 5.11. The molecule has 0 spiro atoms. The number of carbonyl (C=O) groups is 1. The molecule has 0 bridgehead atoms. The van der Waals surface area contributed by atoms with Gasteiger partial charge in [-0.2, -0.15) is 0 Å². The smallest absolute Gasteiger partial charge is 0.323 e. The fourth-order valence-corrected chi connectivity index (χ4v) is 2.43. The molecule has 1 aliphatic heterocycles. The number of carbonyl (C=O) groups excluding carboxylic acids is 1. The molecule has 0 amide bonds. The van der Waals surface area contributed by atoms with Crippen LogP contribution in [0.3, 0.4) is 0 Å². The quantitative estimate of drug-likeness (QED) is 0.685. The van der Waals surface area contributed by atoms with Gasteiger partial charge in [-0.05, 0) is 46.4 Å². The topological polar surface area (TPSA) is 44.8 Å². The van der Waals surface area contributed by atoms with Crippen LogP contribution < -0.4 is 5.32 Å². The zero-order chi connectivity index (χ0) is 14.1. The van der Waals surface area contributed by atoms with Crippen molar-refractivity contribution in [2.75, 3.05) is 52.9 Å². The summed E-state index contributed by atoms with van der Waals surface area (Å²) in [6, 6.07) is -0.161. The third kappa shape index (κ3) is 6.36. The summed E-state index contributed by atoms with van der Waals surface area (Å²) in [7, 11) is 2.17. The summed E-state index contributed by atoms with van der Waals surface area (Å²) in [5, 5.41) is 3.22. The Balaban J connectivity index is 2.35. The standard InChI is InChI=1S/C14H29N3O2/c1-4-15-13(14(18)19-5-2)7-10-17-9-6-8-16(3)11-12-17/h13,15H,4-12H2,1-3H3. The van der Waals surface area contributed by atoms with Gasteiger partial charge in [-0.3, -0.25) is 4.79 Å². The van der Waals surface area contributed by atoms with Gasteiger partial charge in [0.25, 0.3) is 0 Å². The Kier molecular flexibility index (Phi) is 8.02. The summed E-state index contributed by atoms with van der Waals surface area (Å²) in [5.41, 5.74) is 0. The number of esters is 1. The Labute approximate surface area is 117 Å². The van der Waals surface area contributed by atoms with Crippen molar-refractivity contribution < 1.29 is 9.53 Å². The second-order valence-electron chi connectivity index (χ2n) is 5.15. The summed E-state index contributed by atoms with van der Waals surface area (Å²) in [6.07, 6.45) is 2.04. The van der Waals surface area contributed by atoms with Gasteiger partial charge in [0.2, 0.25) is 0 Å². The molecule has 0 aromatic rings. The van der Waals surface area contributed by atoms with Crippen LogP contribution in [0.1, 0.15) is 26.7 Å². The van der Waals surface area contributed by atoms with E-state index in [0.717, 1.165) is 39.1 Å². The molecule has 1 N–H and O–H groups in total. The predicted molar refractivity (Wildman–Crippen MR) is 77.3 cm³/mol. The molecule has 5 nitrogen and oxygen atoms in total. The third-order valence-electron chi connectivity index (χ3n) is 3.57. The Bertz CT molecular complexity index is 261. The van der Waals surface area contributed by atoms with E-state index in [4.69, 9.17) is 4.74 Å². The van der Waals surface area contributed by atoms with Crippen molar-refractivity contribution in [2.45, 2.75) is 32.7 Å². The van der Waals surface area contributed by atoms with Crippen LogP contribution in [0.4, 0.5) is 0 Å². The van der Waals surface area contributed by atoms with Crippen LogP contribution >= 0.6 is 0 Å². The SMILES string of the molecule is CCNC(CCN1CCCN(C)CC1)C(=O)OCC. The van der Waals surface area contributed by atoms with Crippen LogP contribution in [-0.2, 0) is 9.53 Å².